The molecule has 2 heterocycles. The first-order chi connectivity index (χ1) is 20.0. The number of ether oxygens (including phenoxy) is 1. The summed E-state index contributed by atoms with van der Waals surface area (Å²) in [6.45, 7) is 11.6. The second-order valence-corrected chi connectivity index (χ2v) is 17.3. The lowest BCUT2D eigenvalue weighted by Gasteiger charge is -2.41. The highest BCUT2D eigenvalue weighted by atomic mass is 28.4. The fraction of sp³-hybridized carbons (Fsp3) is 0.353. The molecule has 1 aliphatic rings. The largest absolute Gasteiger partial charge is 0.411 e. The third kappa shape index (κ3) is 5.98. The van der Waals surface area contributed by atoms with E-state index in [2.05, 4.69) is 117 Å². The van der Waals surface area contributed by atoms with Gasteiger partial charge >= 0.3 is 5.69 Å². The zero-order valence-electron chi connectivity index (χ0n) is 25.0. The van der Waals surface area contributed by atoms with Crippen molar-refractivity contribution in [3.8, 4) is 0 Å². The van der Waals surface area contributed by atoms with Gasteiger partial charge in [0.15, 0.2) is 8.32 Å². The van der Waals surface area contributed by atoms with Crippen LogP contribution in [-0.2, 0) is 14.7 Å². The minimum Gasteiger partial charge on any atom is -0.411 e. The van der Waals surface area contributed by atoms with Crippen molar-refractivity contribution < 1.29 is 9.16 Å². The summed E-state index contributed by atoms with van der Waals surface area (Å²) in [5.41, 5.74) is 1.74. The first kappa shape index (κ1) is 29.9. The van der Waals surface area contributed by atoms with Gasteiger partial charge < -0.3 is 9.16 Å². The molecule has 0 bridgehead atoms. The highest BCUT2D eigenvalue weighted by Crippen LogP contribution is 2.42. The number of nitrogens with one attached hydrogen (secondary N) is 2. The van der Waals surface area contributed by atoms with Crippen molar-refractivity contribution in [3.05, 3.63) is 141 Å². The average molecular weight is 584 g/mol. The Bertz CT molecular complexity index is 1480. The molecule has 1 fully saturated rings. The van der Waals surface area contributed by atoms with Crippen LogP contribution in [-0.4, -0.2) is 36.6 Å². The molecule has 220 valence electrons. The Morgan fingerprint density at radius 1 is 0.857 bits per heavy atom. The van der Waals surface area contributed by atoms with Crippen molar-refractivity contribution >= 4 is 8.32 Å². The molecule has 0 amide bonds. The minimum absolute atomic E-state index is 0.000238. The molecule has 7 nitrogen and oxygen atoms in total. The number of aromatic nitrogens is 2. The number of benzene rings is 3. The van der Waals surface area contributed by atoms with Gasteiger partial charge in [-0.25, -0.2) is 4.79 Å². The molecular formula is C34H41N3O4Si. The number of rotatable bonds is 9. The standard InChI is InChI=1S/C34H41N3O4Si/c1-33(2,3)42(4,5)41-28-23-31(37-22-21-30(38)36-32(37)39)40-29(28)24-35-34(25-15-9-6-10-16-25,26-17-11-7-12-18-26)27-19-13-8-14-20-27/h6-22,28-29,31,35H,23-24H2,1-5H3,(H,36,38,39)/t28-,29-,31-/m1/s1. The Morgan fingerprint density at radius 3 is 1.81 bits per heavy atom. The molecule has 4 aromatic rings. The van der Waals surface area contributed by atoms with E-state index >= 15 is 0 Å². The summed E-state index contributed by atoms with van der Waals surface area (Å²) >= 11 is 0. The lowest BCUT2D eigenvalue weighted by molar-refractivity contribution is -0.0193. The molecule has 0 aliphatic carbocycles. The van der Waals surface area contributed by atoms with Crippen molar-refractivity contribution in [2.24, 2.45) is 0 Å². The summed E-state index contributed by atoms with van der Waals surface area (Å²) in [6, 6.07) is 32.7. The van der Waals surface area contributed by atoms with Gasteiger partial charge in [-0.3, -0.25) is 19.7 Å². The Balaban J connectivity index is 1.56. The van der Waals surface area contributed by atoms with E-state index in [-0.39, 0.29) is 17.2 Å². The van der Waals surface area contributed by atoms with Crippen LogP contribution in [0.2, 0.25) is 18.1 Å². The maximum Gasteiger partial charge on any atom is 0.330 e. The monoisotopic (exact) mass is 583 g/mol. The normalized spacial score (nSPS) is 19.6. The van der Waals surface area contributed by atoms with Crippen molar-refractivity contribution in [1.29, 1.82) is 0 Å². The number of nitrogens with zero attached hydrogens (tertiary/aromatic N) is 1. The van der Waals surface area contributed by atoms with Gasteiger partial charge in [0, 0.05) is 25.2 Å². The Kier molecular flexibility index (Phi) is 8.53. The van der Waals surface area contributed by atoms with Crippen molar-refractivity contribution in [3.63, 3.8) is 0 Å². The predicted molar refractivity (Wildman–Crippen MR) is 169 cm³/mol. The highest BCUT2D eigenvalue weighted by molar-refractivity contribution is 6.74. The Labute approximate surface area is 248 Å². The summed E-state index contributed by atoms with van der Waals surface area (Å²) in [6.07, 6.45) is 0.851. The number of aromatic amines is 1. The van der Waals surface area contributed by atoms with Gasteiger partial charge in [-0.2, -0.15) is 0 Å². The summed E-state index contributed by atoms with van der Waals surface area (Å²) in [7, 11) is -2.18. The van der Waals surface area contributed by atoms with Gasteiger partial charge in [0.25, 0.3) is 5.56 Å². The van der Waals surface area contributed by atoms with E-state index in [0.717, 1.165) is 16.7 Å². The van der Waals surface area contributed by atoms with Crippen LogP contribution in [0.5, 0.6) is 0 Å². The van der Waals surface area contributed by atoms with E-state index in [1.807, 2.05) is 18.2 Å². The Morgan fingerprint density at radius 2 is 1.36 bits per heavy atom. The van der Waals surface area contributed by atoms with Crippen LogP contribution < -0.4 is 16.6 Å². The smallest absolute Gasteiger partial charge is 0.330 e. The van der Waals surface area contributed by atoms with Crippen LogP contribution in [0.3, 0.4) is 0 Å². The molecule has 0 unspecified atom stereocenters. The summed E-state index contributed by atoms with van der Waals surface area (Å²) in [4.78, 5) is 26.9. The molecule has 1 saturated heterocycles. The van der Waals surface area contributed by atoms with E-state index in [4.69, 9.17) is 9.16 Å². The second kappa shape index (κ2) is 12.0. The third-order valence-electron chi connectivity index (χ3n) is 8.78. The van der Waals surface area contributed by atoms with Gasteiger partial charge in [-0.15, -0.1) is 0 Å². The summed E-state index contributed by atoms with van der Waals surface area (Å²) in [5.74, 6) is 0. The van der Waals surface area contributed by atoms with Gasteiger partial charge in [-0.05, 0) is 34.8 Å². The SMILES string of the molecule is CC(C)(C)[Si](C)(C)O[C@@H]1C[C@H](n2ccc(=O)[nH]c2=O)O[C@@H]1CNC(c1ccccc1)(c1ccccc1)c1ccccc1. The molecule has 3 aromatic carbocycles. The number of H-pyrrole nitrogens is 1. The average Bonchev–Trinajstić information content (AvgIpc) is 3.36. The van der Waals surface area contributed by atoms with E-state index in [0.29, 0.717) is 13.0 Å². The van der Waals surface area contributed by atoms with Crippen LogP contribution in [0.15, 0.2) is 113 Å². The topological polar surface area (TPSA) is 85.4 Å². The lowest BCUT2D eigenvalue weighted by atomic mass is 9.77. The van der Waals surface area contributed by atoms with Gasteiger partial charge in [0.2, 0.25) is 0 Å². The fourth-order valence-corrected chi connectivity index (χ4v) is 6.87. The molecule has 1 aliphatic heterocycles. The van der Waals surface area contributed by atoms with E-state index < -0.39 is 31.3 Å². The lowest BCUT2D eigenvalue weighted by Crippen LogP contribution is -2.51. The van der Waals surface area contributed by atoms with Gasteiger partial charge in [0.1, 0.15) is 6.23 Å². The molecule has 2 N–H and O–H groups in total. The van der Waals surface area contributed by atoms with E-state index in [9.17, 15) is 9.59 Å². The molecule has 42 heavy (non-hydrogen) atoms. The highest BCUT2D eigenvalue weighted by Gasteiger charge is 2.46. The Hall–Kier alpha value is -3.56. The number of hydrogen-bond acceptors (Lipinski definition) is 5. The minimum atomic E-state index is -2.18. The van der Waals surface area contributed by atoms with E-state index in [1.54, 1.807) is 0 Å². The van der Waals surface area contributed by atoms with Crippen molar-refractivity contribution in [2.75, 3.05) is 6.54 Å². The molecule has 1 aromatic heterocycles. The fourth-order valence-electron chi connectivity index (χ4n) is 5.51. The molecule has 8 heteroatoms. The molecule has 0 radical (unpaired) electrons. The van der Waals surface area contributed by atoms with Gasteiger partial charge in [-0.1, -0.05) is 112 Å². The first-order valence-corrected chi connectivity index (χ1v) is 17.5. The van der Waals surface area contributed by atoms with Crippen LogP contribution in [0.25, 0.3) is 0 Å². The summed E-state index contributed by atoms with van der Waals surface area (Å²) in [5, 5.41) is 3.94. The molecule has 3 atom stereocenters. The zero-order chi connectivity index (χ0) is 30.0. The first-order valence-electron chi connectivity index (χ1n) is 14.6. The van der Waals surface area contributed by atoms with Crippen LogP contribution >= 0.6 is 0 Å². The quantitative estimate of drug-likeness (QED) is 0.192. The van der Waals surface area contributed by atoms with Crippen LogP contribution in [0, 0.1) is 0 Å². The third-order valence-corrected chi connectivity index (χ3v) is 13.3. The molecule has 5 rings (SSSR count). The van der Waals surface area contributed by atoms with E-state index in [1.165, 1.54) is 16.8 Å². The number of hydrogen-bond donors (Lipinski definition) is 2. The van der Waals surface area contributed by atoms with Gasteiger partial charge in [0.05, 0.1) is 17.7 Å². The molecule has 0 saturated carbocycles. The predicted octanol–water partition coefficient (Wildman–Crippen LogP) is 5.80. The maximum atomic E-state index is 12.7. The summed E-state index contributed by atoms with van der Waals surface area (Å²) < 4.78 is 15.0. The maximum absolute atomic E-state index is 12.7. The van der Waals surface area contributed by atoms with Crippen molar-refractivity contribution in [1.82, 2.24) is 14.9 Å². The molecular weight excluding hydrogens is 542 g/mol. The second-order valence-electron chi connectivity index (χ2n) is 12.5. The van der Waals surface area contributed by atoms with Crippen molar-refractivity contribution in [2.45, 2.75) is 69.3 Å². The zero-order valence-corrected chi connectivity index (χ0v) is 26.0. The van der Waals surface area contributed by atoms with Crippen LogP contribution in [0.4, 0.5) is 0 Å². The molecule has 0 spiro atoms. The van der Waals surface area contributed by atoms with Crippen LogP contribution in [0.1, 0.15) is 50.1 Å².